The van der Waals surface area contributed by atoms with Gasteiger partial charge in [-0.15, -0.1) is 23.1 Å². The normalized spacial score (nSPS) is 10.8. The van der Waals surface area contributed by atoms with Crippen LogP contribution in [0.3, 0.4) is 0 Å². The summed E-state index contributed by atoms with van der Waals surface area (Å²) in [5, 5.41) is 5.91. The van der Waals surface area contributed by atoms with Crippen molar-refractivity contribution in [2.45, 2.75) is 24.0 Å². The van der Waals surface area contributed by atoms with Crippen LogP contribution in [0.2, 0.25) is 0 Å². The number of amides is 1. The Bertz CT molecular complexity index is 828. The summed E-state index contributed by atoms with van der Waals surface area (Å²) in [5.41, 5.74) is 2.61. The highest BCUT2D eigenvalue weighted by atomic mass is 32.2. The Morgan fingerprint density at radius 3 is 2.54 bits per heavy atom. The third-order valence-electron chi connectivity index (χ3n) is 3.29. The van der Waals surface area contributed by atoms with E-state index in [0.717, 1.165) is 16.2 Å². The first kappa shape index (κ1) is 16.7. The molecule has 1 amide bonds. The van der Waals surface area contributed by atoms with Crippen molar-refractivity contribution in [1.82, 2.24) is 4.98 Å². The number of carbonyl (C=O) groups excluding carboxylic acids is 1. The van der Waals surface area contributed by atoms with E-state index in [4.69, 9.17) is 0 Å². The first-order chi connectivity index (χ1) is 11.6. The second-order valence-corrected chi connectivity index (χ2v) is 8.00. The van der Waals surface area contributed by atoms with Crippen LogP contribution in [0.15, 0.2) is 64.9 Å². The van der Waals surface area contributed by atoms with Crippen molar-refractivity contribution in [3.63, 3.8) is 0 Å². The van der Waals surface area contributed by atoms with Gasteiger partial charge in [-0.2, -0.15) is 0 Å². The largest absolute Gasteiger partial charge is 0.298 e. The van der Waals surface area contributed by atoms with Gasteiger partial charge in [-0.3, -0.25) is 10.1 Å². The van der Waals surface area contributed by atoms with Crippen molar-refractivity contribution in [3.05, 3.63) is 65.5 Å². The summed E-state index contributed by atoms with van der Waals surface area (Å²) in [6.45, 7) is 4.23. The number of nitrogens with one attached hydrogen (secondary N) is 1. The molecule has 24 heavy (non-hydrogen) atoms. The molecular formula is C19H18N2OS2. The molecule has 0 fully saturated rings. The molecule has 1 N–H and O–H groups in total. The molecule has 0 radical (unpaired) electrons. The Labute approximate surface area is 150 Å². The smallest absolute Gasteiger partial charge is 0.258 e. The van der Waals surface area contributed by atoms with Crippen LogP contribution in [0.4, 0.5) is 5.13 Å². The van der Waals surface area contributed by atoms with Gasteiger partial charge in [0.2, 0.25) is 0 Å². The van der Waals surface area contributed by atoms with Gasteiger partial charge in [-0.05, 0) is 12.1 Å². The zero-order chi connectivity index (χ0) is 16.9. The minimum atomic E-state index is -0.118. The zero-order valence-corrected chi connectivity index (χ0v) is 15.2. The molecule has 3 rings (SSSR count). The van der Waals surface area contributed by atoms with Crippen LogP contribution in [-0.2, 0) is 0 Å². The molecule has 0 bridgehead atoms. The van der Waals surface area contributed by atoms with E-state index in [9.17, 15) is 4.79 Å². The lowest BCUT2D eigenvalue weighted by molar-refractivity contribution is 0.102. The van der Waals surface area contributed by atoms with Crippen LogP contribution in [0.25, 0.3) is 11.3 Å². The number of hydrogen-bond donors (Lipinski definition) is 1. The second-order valence-electron chi connectivity index (χ2n) is 5.52. The molecule has 0 spiro atoms. The van der Waals surface area contributed by atoms with E-state index in [2.05, 4.69) is 24.1 Å². The third kappa shape index (κ3) is 4.04. The lowest BCUT2D eigenvalue weighted by Crippen LogP contribution is -2.13. The van der Waals surface area contributed by atoms with Gasteiger partial charge in [0.25, 0.3) is 5.91 Å². The molecule has 5 heteroatoms. The maximum Gasteiger partial charge on any atom is 0.258 e. The molecule has 2 aromatic carbocycles. The number of nitrogens with zero attached hydrogens (tertiary/aromatic N) is 1. The fourth-order valence-electron chi connectivity index (χ4n) is 2.25. The summed E-state index contributed by atoms with van der Waals surface area (Å²) in [4.78, 5) is 18.1. The summed E-state index contributed by atoms with van der Waals surface area (Å²) in [5.74, 6) is -0.118. The van der Waals surface area contributed by atoms with Crippen molar-refractivity contribution in [3.8, 4) is 11.3 Å². The Morgan fingerprint density at radius 2 is 1.79 bits per heavy atom. The SMILES string of the molecule is CC(C)Sc1ccccc1C(=O)Nc1nc(-c2ccccc2)cs1. The summed E-state index contributed by atoms with van der Waals surface area (Å²) < 4.78 is 0. The summed E-state index contributed by atoms with van der Waals surface area (Å²) in [6.07, 6.45) is 0. The Morgan fingerprint density at radius 1 is 1.08 bits per heavy atom. The molecule has 1 aromatic heterocycles. The topological polar surface area (TPSA) is 42.0 Å². The molecule has 0 saturated heterocycles. The van der Waals surface area contributed by atoms with Crippen molar-refractivity contribution in [2.75, 3.05) is 5.32 Å². The highest BCUT2D eigenvalue weighted by Crippen LogP contribution is 2.28. The Hall–Kier alpha value is -2.11. The van der Waals surface area contributed by atoms with Crippen LogP contribution in [-0.4, -0.2) is 16.1 Å². The first-order valence-corrected chi connectivity index (χ1v) is 9.47. The Kier molecular flexibility index (Phi) is 5.33. The third-order valence-corrected chi connectivity index (χ3v) is 5.13. The maximum absolute atomic E-state index is 12.6. The first-order valence-electron chi connectivity index (χ1n) is 7.71. The fraction of sp³-hybridized carbons (Fsp3) is 0.158. The van der Waals surface area contributed by atoms with Crippen LogP contribution >= 0.6 is 23.1 Å². The van der Waals surface area contributed by atoms with Gasteiger partial charge in [-0.25, -0.2) is 4.98 Å². The van der Waals surface area contributed by atoms with Gasteiger partial charge < -0.3 is 0 Å². The zero-order valence-electron chi connectivity index (χ0n) is 13.5. The quantitative estimate of drug-likeness (QED) is 0.610. The number of carbonyl (C=O) groups is 1. The van der Waals surface area contributed by atoms with Gasteiger partial charge in [0, 0.05) is 21.1 Å². The standard InChI is InChI=1S/C19H18N2OS2/c1-13(2)24-17-11-7-6-10-15(17)18(22)21-19-20-16(12-23-19)14-8-4-3-5-9-14/h3-13H,1-2H3,(H,20,21,22). The molecule has 0 saturated carbocycles. The number of thiazole rings is 1. The van der Waals surface area contributed by atoms with Crippen LogP contribution in [0.5, 0.6) is 0 Å². The molecule has 3 aromatic rings. The number of anilines is 1. The molecule has 0 atom stereocenters. The van der Waals surface area contributed by atoms with E-state index < -0.39 is 0 Å². The van der Waals surface area contributed by atoms with Crippen LogP contribution in [0, 0.1) is 0 Å². The predicted molar refractivity (Wildman–Crippen MR) is 103 cm³/mol. The number of thioether (sulfide) groups is 1. The molecule has 3 nitrogen and oxygen atoms in total. The molecular weight excluding hydrogens is 336 g/mol. The summed E-state index contributed by atoms with van der Waals surface area (Å²) in [6, 6.07) is 17.6. The lowest BCUT2D eigenvalue weighted by Gasteiger charge is -2.10. The molecule has 0 aliphatic carbocycles. The highest BCUT2D eigenvalue weighted by Gasteiger charge is 2.14. The van der Waals surface area contributed by atoms with Crippen LogP contribution in [0.1, 0.15) is 24.2 Å². The molecule has 122 valence electrons. The van der Waals surface area contributed by atoms with Gasteiger partial charge in [0.05, 0.1) is 11.3 Å². The molecule has 0 aliphatic heterocycles. The van der Waals surface area contributed by atoms with E-state index in [1.807, 2.05) is 60.0 Å². The van der Waals surface area contributed by atoms with E-state index in [1.165, 1.54) is 11.3 Å². The highest BCUT2D eigenvalue weighted by molar-refractivity contribution is 8.00. The lowest BCUT2D eigenvalue weighted by atomic mass is 10.2. The number of aromatic nitrogens is 1. The monoisotopic (exact) mass is 354 g/mol. The summed E-state index contributed by atoms with van der Waals surface area (Å²) in [7, 11) is 0. The maximum atomic E-state index is 12.6. The van der Waals surface area contributed by atoms with Crippen molar-refractivity contribution in [2.24, 2.45) is 0 Å². The van der Waals surface area contributed by atoms with Crippen molar-refractivity contribution in [1.29, 1.82) is 0 Å². The van der Waals surface area contributed by atoms with Crippen molar-refractivity contribution >= 4 is 34.1 Å². The minimum Gasteiger partial charge on any atom is -0.298 e. The van der Waals surface area contributed by atoms with Gasteiger partial charge in [-0.1, -0.05) is 56.3 Å². The van der Waals surface area contributed by atoms with Gasteiger partial charge in [0.15, 0.2) is 5.13 Å². The van der Waals surface area contributed by atoms with E-state index in [0.29, 0.717) is 15.9 Å². The number of benzene rings is 2. The fourth-order valence-corrected chi connectivity index (χ4v) is 3.92. The van der Waals surface area contributed by atoms with Gasteiger partial charge in [0.1, 0.15) is 0 Å². The van der Waals surface area contributed by atoms with Gasteiger partial charge >= 0.3 is 0 Å². The van der Waals surface area contributed by atoms with E-state index in [1.54, 1.807) is 11.8 Å². The molecule has 0 aliphatic rings. The van der Waals surface area contributed by atoms with E-state index in [-0.39, 0.29) is 5.91 Å². The van der Waals surface area contributed by atoms with Crippen molar-refractivity contribution < 1.29 is 4.79 Å². The average Bonchev–Trinajstić information content (AvgIpc) is 3.04. The molecule has 1 heterocycles. The number of rotatable bonds is 5. The Balaban J connectivity index is 1.78. The second kappa shape index (κ2) is 7.64. The predicted octanol–water partition coefficient (Wildman–Crippen LogP) is 5.56. The van der Waals surface area contributed by atoms with E-state index >= 15 is 0 Å². The summed E-state index contributed by atoms with van der Waals surface area (Å²) >= 11 is 3.13. The minimum absolute atomic E-state index is 0.118. The molecule has 0 unspecified atom stereocenters. The van der Waals surface area contributed by atoms with Crippen LogP contribution < -0.4 is 5.32 Å². The average molecular weight is 354 g/mol. The number of hydrogen-bond acceptors (Lipinski definition) is 4.